The van der Waals surface area contributed by atoms with Crippen LogP contribution in [-0.4, -0.2) is 25.2 Å². The van der Waals surface area contributed by atoms with Crippen LogP contribution in [0.3, 0.4) is 0 Å². The molecule has 2 aromatic carbocycles. The van der Waals surface area contributed by atoms with E-state index in [1.165, 1.54) is 11.1 Å². The van der Waals surface area contributed by atoms with Gasteiger partial charge in [-0.1, -0.05) is 61.5 Å². The highest BCUT2D eigenvalue weighted by molar-refractivity contribution is 6.06. The second kappa shape index (κ2) is 7.18. The van der Waals surface area contributed by atoms with Crippen molar-refractivity contribution in [3.8, 4) is 11.1 Å². The summed E-state index contributed by atoms with van der Waals surface area (Å²) in [5.41, 5.74) is 3.84. The Kier molecular flexibility index (Phi) is 4.81. The van der Waals surface area contributed by atoms with Gasteiger partial charge in [-0.25, -0.2) is 0 Å². The molecule has 0 heterocycles. The van der Waals surface area contributed by atoms with Gasteiger partial charge in [0.25, 0.3) is 0 Å². The molecule has 0 aromatic heterocycles. The van der Waals surface area contributed by atoms with Gasteiger partial charge in [-0.15, -0.1) is 0 Å². The summed E-state index contributed by atoms with van der Waals surface area (Å²) in [7, 11) is 0. The monoisotopic (exact) mass is 390 g/mol. The quantitative estimate of drug-likeness (QED) is 0.555. The topological polar surface area (TPSA) is 52.6 Å². The lowest BCUT2D eigenvalue weighted by Gasteiger charge is -2.31. The Bertz CT molecular complexity index is 985. The summed E-state index contributed by atoms with van der Waals surface area (Å²) in [6.07, 6.45) is 2.91. The zero-order chi connectivity index (χ0) is 20.6. The Morgan fingerprint density at radius 2 is 1.41 bits per heavy atom. The van der Waals surface area contributed by atoms with Crippen LogP contribution in [0.25, 0.3) is 16.7 Å². The van der Waals surface area contributed by atoms with Crippen LogP contribution < -0.4 is 0 Å². The lowest BCUT2D eigenvalue weighted by molar-refractivity contribution is -0.169. The van der Waals surface area contributed by atoms with Crippen LogP contribution in [-0.2, 0) is 25.5 Å². The van der Waals surface area contributed by atoms with E-state index in [1.54, 1.807) is 13.8 Å². The molecule has 0 saturated heterocycles. The molecule has 2 aliphatic carbocycles. The standard InChI is InChI=1S/C25H26O4/c1-4-28-22(26)25(23(27)29-5-2)15-21-20-13-9-8-12-19(20)18-11-7-6-10-17(18)14-24(21,3)16-25/h6-13,15H,4-5,14,16H2,1-3H3. The summed E-state index contributed by atoms with van der Waals surface area (Å²) in [5, 5.41) is 0. The number of rotatable bonds is 4. The minimum Gasteiger partial charge on any atom is -0.465 e. The van der Waals surface area contributed by atoms with Crippen molar-refractivity contribution in [3.63, 3.8) is 0 Å². The smallest absolute Gasteiger partial charge is 0.327 e. The van der Waals surface area contributed by atoms with E-state index < -0.39 is 17.4 Å². The Morgan fingerprint density at radius 3 is 2.03 bits per heavy atom. The van der Waals surface area contributed by atoms with E-state index in [-0.39, 0.29) is 18.6 Å². The van der Waals surface area contributed by atoms with E-state index in [1.807, 2.05) is 24.3 Å². The summed E-state index contributed by atoms with van der Waals surface area (Å²) in [6, 6.07) is 16.6. The Hall–Kier alpha value is -2.88. The second-order valence-electron chi connectivity index (χ2n) is 8.09. The highest BCUT2D eigenvalue weighted by Crippen LogP contribution is 2.58. The maximum Gasteiger partial charge on any atom is 0.327 e. The molecule has 0 amide bonds. The predicted octanol–water partition coefficient (Wildman–Crippen LogP) is 4.82. The number of allylic oxidation sites excluding steroid dienone is 1. The fourth-order valence-electron chi connectivity index (χ4n) is 4.92. The van der Waals surface area contributed by atoms with Crippen molar-refractivity contribution in [1.29, 1.82) is 0 Å². The van der Waals surface area contributed by atoms with Crippen molar-refractivity contribution in [1.82, 2.24) is 0 Å². The second-order valence-corrected chi connectivity index (χ2v) is 8.09. The minimum absolute atomic E-state index is 0.222. The first-order chi connectivity index (χ1) is 13.9. The fraction of sp³-hybridized carbons (Fsp3) is 0.360. The molecule has 1 atom stereocenters. The maximum atomic E-state index is 13.0. The Morgan fingerprint density at radius 1 is 0.862 bits per heavy atom. The molecular weight excluding hydrogens is 364 g/mol. The molecule has 0 bridgehead atoms. The first-order valence-electron chi connectivity index (χ1n) is 10.2. The lowest BCUT2D eigenvalue weighted by Crippen LogP contribution is -2.41. The molecule has 4 rings (SSSR count). The summed E-state index contributed by atoms with van der Waals surface area (Å²) in [5.74, 6) is -1.04. The number of fused-ring (bicyclic) bond motifs is 5. The molecule has 4 heteroatoms. The summed E-state index contributed by atoms with van der Waals surface area (Å²) >= 11 is 0. The van der Waals surface area contributed by atoms with E-state index in [0.29, 0.717) is 6.42 Å². The van der Waals surface area contributed by atoms with Gasteiger partial charge in [-0.3, -0.25) is 9.59 Å². The van der Waals surface area contributed by atoms with Gasteiger partial charge in [-0.05, 0) is 59.9 Å². The Labute approximate surface area is 171 Å². The molecule has 0 saturated carbocycles. The third-order valence-electron chi connectivity index (χ3n) is 6.09. The molecule has 0 aliphatic heterocycles. The van der Waals surface area contributed by atoms with E-state index in [9.17, 15) is 9.59 Å². The van der Waals surface area contributed by atoms with Gasteiger partial charge in [0.2, 0.25) is 0 Å². The number of benzene rings is 2. The van der Waals surface area contributed by atoms with E-state index in [2.05, 4.69) is 37.3 Å². The van der Waals surface area contributed by atoms with Crippen LogP contribution in [0.4, 0.5) is 0 Å². The molecule has 2 aliphatic rings. The van der Waals surface area contributed by atoms with Crippen LogP contribution >= 0.6 is 0 Å². The molecule has 4 nitrogen and oxygen atoms in total. The molecule has 2 aromatic rings. The summed E-state index contributed by atoms with van der Waals surface area (Å²) < 4.78 is 10.7. The van der Waals surface area contributed by atoms with Crippen molar-refractivity contribution in [3.05, 3.63) is 65.7 Å². The van der Waals surface area contributed by atoms with E-state index in [0.717, 1.165) is 23.1 Å². The average Bonchev–Trinajstić information content (AvgIpc) is 2.98. The molecule has 150 valence electrons. The van der Waals surface area contributed by atoms with Gasteiger partial charge >= 0.3 is 11.9 Å². The molecule has 0 N–H and O–H groups in total. The van der Waals surface area contributed by atoms with Gasteiger partial charge in [0.1, 0.15) is 0 Å². The third-order valence-corrected chi connectivity index (χ3v) is 6.09. The largest absolute Gasteiger partial charge is 0.465 e. The fourth-order valence-corrected chi connectivity index (χ4v) is 4.92. The van der Waals surface area contributed by atoms with Crippen molar-refractivity contribution >= 4 is 17.5 Å². The van der Waals surface area contributed by atoms with Gasteiger partial charge in [-0.2, -0.15) is 0 Å². The third kappa shape index (κ3) is 2.98. The number of hydrogen-bond donors (Lipinski definition) is 0. The molecule has 0 spiro atoms. The van der Waals surface area contributed by atoms with Crippen LogP contribution in [0.2, 0.25) is 0 Å². The highest BCUT2D eigenvalue weighted by Gasteiger charge is 2.58. The molecule has 1 unspecified atom stereocenters. The summed E-state index contributed by atoms with van der Waals surface area (Å²) in [6.45, 7) is 6.09. The van der Waals surface area contributed by atoms with Crippen molar-refractivity contribution in [2.45, 2.75) is 33.6 Å². The first kappa shape index (κ1) is 19.4. The number of carbonyl (C=O) groups is 2. The normalized spacial score (nSPS) is 21.1. The highest BCUT2D eigenvalue weighted by atomic mass is 16.6. The van der Waals surface area contributed by atoms with Gasteiger partial charge < -0.3 is 9.47 Å². The van der Waals surface area contributed by atoms with Crippen molar-refractivity contribution in [2.75, 3.05) is 13.2 Å². The van der Waals surface area contributed by atoms with E-state index in [4.69, 9.17) is 9.47 Å². The van der Waals surface area contributed by atoms with Gasteiger partial charge in [0.05, 0.1) is 13.2 Å². The maximum absolute atomic E-state index is 13.0. The first-order valence-corrected chi connectivity index (χ1v) is 10.2. The number of esters is 2. The molecular formula is C25H26O4. The van der Waals surface area contributed by atoms with Gasteiger partial charge in [0, 0.05) is 0 Å². The molecule has 0 radical (unpaired) electrons. The predicted molar refractivity (Wildman–Crippen MR) is 112 cm³/mol. The Balaban J connectivity index is 1.95. The minimum atomic E-state index is -1.41. The molecule has 0 fully saturated rings. The van der Waals surface area contributed by atoms with Crippen LogP contribution in [0, 0.1) is 10.8 Å². The number of ether oxygens (including phenoxy) is 2. The lowest BCUT2D eigenvalue weighted by atomic mass is 9.73. The molecule has 29 heavy (non-hydrogen) atoms. The van der Waals surface area contributed by atoms with Crippen molar-refractivity contribution in [2.24, 2.45) is 10.8 Å². The van der Waals surface area contributed by atoms with Crippen molar-refractivity contribution < 1.29 is 19.1 Å². The number of carbonyl (C=O) groups excluding carboxylic acids is 2. The zero-order valence-electron chi connectivity index (χ0n) is 17.2. The number of hydrogen-bond acceptors (Lipinski definition) is 4. The average molecular weight is 390 g/mol. The van der Waals surface area contributed by atoms with Crippen LogP contribution in [0.5, 0.6) is 0 Å². The summed E-state index contributed by atoms with van der Waals surface area (Å²) in [4.78, 5) is 26.1. The van der Waals surface area contributed by atoms with Crippen LogP contribution in [0.15, 0.2) is 54.6 Å². The van der Waals surface area contributed by atoms with Crippen LogP contribution in [0.1, 0.15) is 38.3 Å². The zero-order valence-corrected chi connectivity index (χ0v) is 17.2. The van der Waals surface area contributed by atoms with Gasteiger partial charge in [0.15, 0.2) is 5.41 Å². The SMILES string of the molecule is CCOC(=O)C1(C(=O)OCC)C=C2c3ccccc3-c3ccccc3CC2(C)C1. The van der Waals surface area contributed by atoms with E-state index >= 15 is 0 Å².